The second kappa shape index (κ2) is 14.8. The maximum absolute atomic E-state index is 10.7. The van der Waals surface area contributed by atoms with E-state index in [1.165, 1.54) is 7.11 Å². The van der Waals surface area contributed by atoms with Gasteiger partial charge in [-0.05, 0) is 54.2 Å². The van der Waals surface area contributed by atoms with Gasteiger partial charge in [0.2, 0.25) is 0 Å². The van der Waals surface area contributed by atoms with Gasteiger partial charge in [0.25, 0.3) is 0 Å². The van der Waals surface area contributed by atoms with E-state index in [1.807, 2.05) is 24.3 Å². The van der Waals surface area contributed by atoms with Gasteiger partial charge in [-0.3, -0.25) is 9.59 Å². The number of hydrogen-bond acceptors (Lipinski definition) is 6. The molecule has 0 heterocycles. The fraction of sp³-hybridized carbons (Fsp3) is 0.417. The molecule has 176 valence electrons. The molecule has 2 rings (SSSR count). The standard InChI is InChI=1S/C12H14O5.C12H18O3/c1-17-10-4-2-8(3-5-10)9(6-11(13)14)7-12(15)16;1-15-12-4-2-10(3-5-12)11(6-8-13)7-9-14/h2-5,9H,6-7H2,1H3,(H,13,14)(H,15,16);2-5,11,13-14H,6-9H2,1H3. The largest absolute Gasteiger partial charge is 0.497 e. The van der Waals surface area contributed by atoms with Gasteiger partial charge in [-0.1, -0.05) is 24.3 Å². The van der Waals surface area contributed by atoms with E-state index in [1.54, 1.807) is 31.4 Å². The summed E-state index contributed by atoms with van der Waals surface area (Å²) in [5.74, 6) is -0.829. The predicted molar refractivity (Wildman–Crippen MR) is 119 cm³/mol. The molecule has 0 amide bonds. The zero-order valence-corrected chi connectivity index (χ0v) is 18.4. The number of aliphatic hydroxyl groups is 2. The molecule has 4 N–H and O–H groups in total. The smallest absolute Gasteiger partial charge is 0.303 e. The van der Waals surface area contributed by atoms with Crippen molar-refractivity contribution in [2.24, 2.45) is 0 Å². The highest BCUT2D eigenvalue weighted by Gasteiger charge is 2.19. The summed E-state index contributed by atoms with van der Waals surface area (Å²) in [6, 6.07) is 14.5. The van der Waals surface area contributed by atoms with Crippen LogP contribution in [-0.4, -0.2) is 59.8 Å². The number of rotatable bonds is 12. The molecular formula is C24H32O8. The van der Waals surface area contributed by atoms with Crippen LogP contribution in [0.1, 0.15) is 48.6 Å². The molecule has 0 bridgehead atoms. The lowest BCUT2D eigenvalue weighted by Crippen LogP contribution is -2.11. The first-order valence-corrected chi connectivity index (χ1v) is 10.3. The minimum absolute atomic E-state index is 0.149. The Hall–Kier alpha value is -3.10. The summed E-state index contributed by atoms with van der Waals surface area (Å²) in [7, 11) is 3.16. The molecule has 0 saturated heterocycles. The molecule has 2 aromatic carbocycles. The molecule has 0 fully saturated rings. The lowest BCUT2D eigenvalue weighted by molar-refractivity contribution is -0.139. The van der Waals surface area contributed by atoms with Gasteiger partial charge < -0.3 is 29.9 Å². The van der Waals surface area contributed by atoms with Crippen molar-refractivity contribution in [3.05, 3.63) is 59.7 Å². The topological polar surface area (TPSA) is 134 Å². The summed E-state index contributed by atoms with van der Waals surface area (Å²) < 4.78 is 10.0. The molecule has 0 aromatic heterocycles. The molecule has 0 atom stereocenters. The third-order valence-electron chi connectivity index (χ3n) is 4.97. The quantitative estimate of drug-likeness (QED) is 0.389. The first kappa shape index (κ1) is 26.9. The molecule has 0 saturated carbocycles. The van der Waals surface area contributed by atoms with Crippen LogP contribution in [0, 0.1) is 0 Å². The van der Waals surface area contributed by atoms with Crippen molar-refractivity contribution in [1.29, 1.82) is 0 Å². The number of carboxylic acid groups (broad SMARTS) is 2. The molecule has 2 aromatic rings. The van der Waals surface area contributed by atoms with E-state index in [4.69, 9.17) is 29.9 Å². The lowest BCUT2D eigenvalue weighted by Gasteiger charge is -2.15. The number of aliphatic hydroxyl groups excluding tert-OH is 2. The number of hydrogen-bond donors (Lipinski definition) is 4. The van der Waals surface area contributed by atoms with E-state index in [0.717, 1.165) is 11.3 Å². The van der Waals surface area contributed by atoms with Crippen molar-refractivity contribution in [1.82, 2.24) is 0 Å². The molecule has 8 nitrogen and oxygen atoms in total. The van der Waals surface area contributed by atoms with Crippen molar-refractivity contribution < 1.29 is 39.5 Å². The van der Waals surface area contributed by atoms with Gasteiger partial charge in [0.15, 0.2) is 0 Å². The maximum Gasteiger partial charge on any atom is 0.303 e. The van der Waals surface area contributed by atoms with Crippen molar-refractivity contribution >= 4 is 11.9 Å². The minimum Gasteiger partial charge on any atom is -0.497 e. The predicted octanol–water partition coefficient (Wildman–Crippen LogP) is 3.27. The van der Waals surface area contributed by atoms with Gasteiger partial charge in [-0.15, -0.1) is 0 Å². The van der Waals surface area contributed by atoms with Crippen LogP contribution in [0.3, 0.4) is 0 Å². The Morgan fingerprint density at radius 1 is 0.688 bits per heavy atom. The number of ether oxygens (including phenoxy) is 2. The molecule has 0 aliphatic heterocycles. The normalized spacial score (nSPS) is 10.4. The average Bonchev–Trinajstić information content (AvgIpc) is 2.78. The molecular weight excluding hydrogens is 416 g/mol. The number of benzene rings is 2. The third kappa shape index (κ3) is 9.80. The Labute approximate surface area is 188 Å². The zero-order valence-electron chi connectivity index (χ0n) is 18.4. The van der Waals surface area contributed by atoms with E-state index >= 15 is 0 Å². The van der Waals surface area contributed by atoms with E-state index in [0.29, 0.717) is 24.2 Å². The van der Waals surface area contributed by atoms with Gasteiger partial charge in [-0.25, -0.2) is 0 Å². The second-order valence-electron chi connectivity index (χ2n) is 7.16. The van der Waals surface area contributed by atoms with Crippen molar-refractivity contribution in [3.8, 4) is 11.5 Å². The fourth-order valence-corrected chi connectivity index (χ4v) is 3.27. The second-order valence-corrected chi connectivity index (χ2v) is 7.16. The average molecular weight is 449 g/mol. The number of carbonyl (C=O) groups is 2. The fourth-order valence-electron chi connectivity index (χ4n) is 3.27. The van der Waals surface area contributed by atoms with Gasteiger partial charge in [0.1, 0.15) is 11.5 Å². The van der Waals surface area contributed by atoms with Crippen molar-refractivity contribution in [2.75, 3.05) is 27.4 Å². The Kier molecular flexibility index (Phi) is 12.5. The van der Waals surface area contributed by atoms with E-state index < -0.39 is 17.9 Å². The first-order valence-electron chi connectivity index (χ1n) is 10.3. The highest BCUT2D eigenvalue weighted by Crippen LogP contribution is 2.26. The van der Waals surface area contributed by atoms with Gasteiger partial charge in [0, 0.05) is 19.1 Å². The SMILES string of the molecule is COc1ccc(C(CC(=O)O)CC(=O)O)cc1.COc1ccc(C(CCO)CCO)cc1. The minimum atomic E-state index is -1.01. The molecule has 0 aliphatic rings. The van der Waals surface area contributed by atoms with Crippen LogP contribution in [0.5, 0.6) is 11.5 Å². The van der Waals surface area contributed by atoms with Crippen LogP contribution in [0.25, 0.3) is 0 Å². The van der Waals surface area contributed by atoms with Crippen LogP contribution >= 0.6 is 0 Å². The van der Waals surface area contributed by atoms with Crippen molar-refractivity contribution in [2.45, 2.75) is 37.5 Å². The summed E-state index contributed by atoms with van der Waals surface area (Å²) in [4.78, 5) is 21.3. The number of carboxylic acids is 2. The molecule has 0 spiro atoms. The van der Waals surface area contributed by atoms with Crippen LogP contribution < -0.4 is 9.47 Å². The molecule has 8 heteroatoms. The highest BCUT2D eigenvalue weighted by atomic mass is 16.5. The van der Waals surface area contributed by atoms with Crippen LogP contribution in [0.4, 0.5) is 0 Å². The summed E-state index contributed by atoms with van der Waals surface area (Å²) in [5.41, 5.74) is 1.83. The molecule has 0 unspecified atom stereocenters. The maximum atomic E-state index is 10.7. The number of aliphatic carboxylic acids is 2. The van der Waals surface area contributed by atoms with Gasteiger partial charge in [-0.2, -0.15) is 0 Å². The molecule has 0 radical (unpaired) electrons. The summed E-state index contributed by atoms with van der Waals surface area (Å²) >= 11 is 0. The Balaban J connectivity index is 0.000000323. The van der Waals surface area contributed by atoms with Crippen molar-refractivity contribution in [3.63, 3.8) is 0 Å². The Morgan fingerprint density at radius 3 is 1.31 bits per heavy atom. The molecule has 32 heavy (non-hydrogen) atoms. The van der Waals surface area contributed by atoms with Gasteiger partial charge in [0.05, 0.1) is 27.1 Å². The van der Waals surface area contributed by atoms with Gasteiger partial charge >= 0.3 is 11.9 Å². The number of methoxy groups -OCH3 is 2. The third-order valence-corrected chi connectivity index (χ3v) is 4.97. The van der Waals surface area contributed by atoms with Crippen LogP contribution in [0.15, 0.2) is 48.5 Å². The van der Waals surface area contributed by atoms with E-state index in [2.05, 4.69) is 0 Å². The summed E-state index contributed by atoms with van der Waals surface area (Å²) in [5, 5.41) is 35.3. The highest BCUT2D eigenvalue weighted by molar-refractivity contribution is 5.72. The van der Waals surface area contributed by atoms with Crippen LogP contribution in [-0.2, 0) is 9.59 Å². The first-order chi connectivity index (χ1) is 15.3. The van der Waals surface area contributed by atoms with Crippen LogP contribution in [0.2, 0.25) is 0 Å². The lowest BCUT2D eigenvalue weighted by atomic mass is 9.92. The van der Waals surface area contributed by atoms with E-state index in [-0.39, 0.29) is 32.0 Å². The zero-order chi connectivity index (χ0) is 23.9. The summed E-state index contributed by atoms with van der Waals surface area (Å²) in [6.07, 6.45) is 0.983. The monoisotopic (exact) mass is 448 g/mol. The van der Waals surface area contributed by atoms with E-state index in [9.17, 15) is 9.59 Å². The molecule has 0 aliphatic carbocycles. The Morgan fingerprint density at radius 2 is 1.03 bits per heavy atom. The summed E-state index contributed by atoms with van der Waals surface area (Å²) in [6.45, 7) is 0.299. The Bertz CT molecular complexity index is 780.